The molecule has 122 valence electrons. The number of aromatic nitrogens is 4. The second-order valence-corrected chi connectivity index (χ2v) is 5.46. The third-order valence-electron chi connectivity index (χ3n) is 3.99. The fourth-order valence-electron chi connectivity index (χ4n) is 2.57. The Morgan fingerprint density at radius 1 is 0.917 bits per heavy atom. The summed E-state index contributed by atoms with van der Waals surface area (Å²) in [4.78, 5) is 0. The topological polar surface area (TPSA) is 136 Å². The molecule has 0 spiro atoms. The lowest BCUT2D eigenvalue weighted by Crippen LogP contribution is -2.45. The van der Waals surface area contributed by atoms with Gasteiger partial charge in [0.2, 0.25) is 0 Å². The van der Waals surface area contributed by atoms with E-state index in [-0.39, 0.29) is 6.54 Å². The van der Waals surface area contributed by atoms with Crippen LogP contribution in [0.1, 0.15) is 11.4 Å². The Hall–Kier alpha value is -3.10. The first-order chi connectivity index (χ1) is 11.7. The summed E-state index contributed by atoms with van der Waals surface area (Å²) in [5.74, 6) is 1.30. The molecule has 0 radical (unpaired) electrons. The van der Waals surface area contributed by atoms with Crippen molar-refractivity contribution >= 4 is 0 Å². The summed E-state index contributed by atoms with van der Waals surface area (Å²) in [6.45, 7) is 0.159. The Balaban J connectivity index is 1.71. The molecule has 0 saturated carbocycles. The molecule has 0 aromatic carbocycles. The van der Waals surface area contributed by atoms with E-state index in [4.69, 9.17) is 20.3 Å². The molecule has 6 N–H and O–H groups in total. The van der Waals surface area contributed by atoms with Gasteiger partial charge in [-0.2, -0.15) is 10.2 Å². The SMILES string of the molecule is NCC(N)(c1cc(-c2ccco2)n[nH]1)c1cc(-c2ccco2)n[nH]1. The Morgan fingerprint density at radius 3 is 1.79 bits per heavy atom. The summed E-state index contributed by atoms with van der Waals surface area (Å²) >= 11 is 0. The molecule has 0 bridgehead atoms. The standard InChI is InChI=1S/C16H16N6O2/c17-9-16(18,14-7-10(19-21-14)12-3-1-5-23-12)15-8-11(20-22-15)13-4-2-6-24-13/h1-8H,9,17-18H2,(H,19,21)(H,20,22). The van der Waals surface area contributed by atoms with E-state index in [1.165, 1.54) is 0 Å². The van der Waals surface area contributed by atoms with Crippen LogP contribution in [0.25, 0.3) is 22.9 Å². The quantitative estimate of drug-likeness (QED) is 0.442. The smallest absolute Gasteiger partial charge is 0.154 e. The summed E-state index contributed by atoms with van der Waals surface area (Å²) in [5.41, 5.74) is 14.1. The van der Waals surface area contributed by atoms with Crippen LogP contribution in [-0.2, 0) is 5.54 Å². The van der Waals surface area contributed by atoms with Crippen molar-refractivity contribution in [3.63, 3.8) is 0 Å². The predicted octanol–water partition coefficient (Wildman–Crippen LogP) is 1.81. The Kier molecular flexibility index (Phi) is 3.33. The Bertz CT molecular complexity index is 847. The molecule has 4 aromatic heterocycles. The number of H-pyrrole nitrogens is 2. The molecule has 0 aliphatic carbocycles. The molecular formula is C16H16N6O2. The van der Waals surface area contributed by atoms with E-state index >= 15 is 0 Å². The van der Waals surface area contributed by atoms with Crippen molar-refractivity contribution in [1.82, 2.24) is 20.4 Å². The van der Waals surface area contributed by atoms with Gasteiger partial charge in [-0.25, -0.2) is 0 Å². The van der Waals surface area contributed by atoms with Crippen LogP contribution in [0.4, 0.5) is 0 Å². The van der Waals surface area contributed by atoms with E-state index < -0.39 is 5.54 Å². The molecule has 0 fully saturated rings. The van der Waals surface area contributed by atoms with Crippen LogP contribution >= 0.6 is 0 Å². The van der Waals surface area contributed by atoms with Crippen LogP contribution in [0.15, 0.2) is 57.8 Å². The molecule has 0 amide bonds. The van der Waals surface area contributed by atoms with Crippen molar-refractivity contribution in [3.8, 4) is 22.9 Å². The second-order valence-electron chi connectivity index (χ2n) is 5.46. The number of rotatable bonds is 5. The third-order valence-corrected chi connectivity index (χ3v) is 3.99. The number of nitrogens with zero attached hydrogens (tertiary/aromatic N) is 2. The van der Waals surface area contributed by atoms with E-state index in [1.807, 2.05) is 24.3 Å². The van der Waals surface area contributed by atoms with Gasteiger partial charge in [0, 0.05) is 6.54 Å². The zero-order chi connectivity index (χ0) is 16.6. The largest absolute Gasteiger partial charge is 0.463 e. The monoisotopic (exact) mass is 324 g/mol. The average molecular weight is 324 g/mol. The maximum absolute atomic E-state index is 6.54. The van der Waals surface area contributed by atoms with Crippen molar-refractivity contribution in [3.05, 3.63) is 60.3 Å². The van der Waals surface area contributed by atoms with Crippen LogP contribution in [0.2, 0.25) is 0 Å². The Labute approximate surface area is 136 Å². The van der Waals surface area contributed by atoms with Crippen molar-refractivity contribution in [2.75, 3.05) is 6.54 Å². The lowest BCUT2D eigenvalue weighted by molar-refractivity contribution is 0.515. The fraction of sp³-hybridized carbons (Fsp3) is 0.125. The zero-order valence-corrected chi connectivity index (χ0v) is 12.7. The van der Waals surface area contributed by atoms with Crippen LogP contribution in [-0.4, -0.2) is 26.9 Å². The molecular weight excluding hydrogens is 308 g/mol. The molecule has 8 nitrogen and oxygen atoms in total. The van der Waals surface area contributed by atoms with Crippen LogP contribution in [0.5, 0.6) is 0 Å². The van der Waals surface area contributed by atoms with E-state index in [0.717, 1.165) is 0 Å². The minimum atomic E-state index is -0.990. The number of hydrogen-bond acceptors (Lipinski definition) is 6. The van der Waals surface area contributed by atoms with Gasteiger partial charge in [-0.05, 0) is 36.4 Å². The first-order valence-electron chi connectivity index (χ1n) is 7.39. The van der Waals surface area contributed by atoms with Gasteiger partial charge >= 0.3 is 0 Å². The van der Waals surface area contributed by atoms with E-state index in [0.29, 0.717) is 34.3 Å². The minimum absolute atomic E-state index is 0.159. The number of hydrogen-bond donors (Lipinski definition) is 4. The summed E-state index contributed by atoms with van der Waals surface area (Å²) in [7, 11) is 0. The van der Waals surface area contributed by atoms with Crippen molar-refractivity contribution in [2.45, 2.75) is 5.54 Å². The van der Waals surface area contributed by atoms with E-state index in [9.17, 15) is 0 Å². The first kappa shape index (κ1) is 14.5. The molecule has 0 saturated heterocycles. The van der Waals surface area contributed by atoms with Crippen molar-refractivity contribution in [2.24, 2.45) is 11.5 Å². The lowest BCUT2D eigenvalue weighted by atomic mass is 9.92. The number of aromatic amines is 2. The third kappa shape index (κ3) is 2.25. The van der Waals surface area contributed by atoms with Crippen LogP contribution in [0, 0.1) is 0 Å². The second kappa shape index (κ2) is 5.52. The van der Waals surface area contributed by atoms with Gasteiger partial charge in [0.05, 0.1) is 23.9 Å². The molecule has 0 aliphatic heterocycles. The highest BCUT2D eigenvalue weighted by molar-refractivity contribution is 5.55. The Morgan fingerprint density at radius 2 is 1.42 bits per heavy atom. The molecule has 24 heavy (non-hydrogen) atoms. The van der Waals surface area contributed by atoms with Gasteiger partial charge in [0.1, 0.15) is 16.9 Å². The number of nitrogens with two attached hydrogens (primary N) is 2. The fourth-order valence-corrected chi connectivity index (χ4v) is 2.57. The van der Waals surface area contributed by atoms with Gasteiger partial charge in [-0.3, -0.25) is 10.2 Å². The molecule has 0 aliphatic rings. The highest BCUT2D eigenvalue weighted by Crippen LogP contribution is 2.29. The number of nitrogens with one attached hydrogen (secondary N) is 2. The first-order valence-corrected chi connectivity index (χ1v) is 7.39. The normalized spacial score (nSPS) is 11.9. The molecule has 0 atom stereocenters. The van der Waals surface area contributed by atoms with Gasteiger partial charge in [-0.15, -0.1) is 0 Å². The maximum Gasteiger partial charge on any atom is 0.154 e. The number of furan rings is 2. The highest BCUT2D eigenvalue weighted by atomic mass is 16.3. The van der Waals surface area contributed by atoms with Crippen LogP contribution in [0.3, 0.4) is 0 Å². The highest BCUT2D eigenvalue weighted by Gasteiger charge is 2.33. The average Bonchev–Trinajstić information content (AvgIpc) is 3.41. The lowest BCUT2D eigenvalue weighted by Gasteiger charge is -2.24. The van der Waals surface area contributed by atoms with Crippen molar-refractivity contribution < 1.29 is 8.83 Å². The molecule has 8 heteroatoms. The predicted molar refractivity (Wildman–Crippen MR) is 86.6 cm³/mol. The maximum atomic E-state index is 6.54. The summed E-state index contributed by atoms with van der Waals surface area (Å²) in [6.07, 6.45) is 3.18. The van der Waals surface area contributed by atoms with Gasteiger partial charge in [0.15, 0.2) is 11.5 Å². The van der Waals surface area contributed by atoms with E-state index in [1.54, 1.807) is 24.7 Å². The summed E-state index contributed by atoms with van der Waals surface area (Å²) in [6, 6.07) is 10.9. The molecule has 0 unspecified atom stereocenters. The van der Waals surface area contributed by atoms with Gasteiger partial charge in [-0.1, -0.05) is 0 Å². The summed E-state index contributed by atoms with van der Waals surface area (Å²) < 4.78 is 10.7. The van der Waals surface area contributed by atoms with Crippen LogP contribution < -0.4 is 11.5 Å². The van der Waals surface area contributed by atoms with Gasteiger partial charge < -0.3 is 20.3 Å². The molecule has 4 aromatic rings. The summed E-state index contributed by atoms with van der Waals surface area (Å²) in [5, 5.41) is 14.4. The molecule has 4 heterocycles. The van der Waals surface area contributed by atoms with Crippen molar-refractivity contribution in [1.29, 1.82) is 0 Å². The van der Waals surface area contributed by atoms with E-state index in [2.05, 4.69) is 20.4 Å². The molecule has 4 rings (SSSR count). The minimum Gasteiger partial charge on any atom is -0.463 e. The van der Waals surface area contributed by atoms with Gasteiger partial charge in [0.25, 0.3) is 0 Å². The zero-order valence-electron chi connectivity index (χ0n) is 12.7.